The molecule has 1 fully saturated rings. The number of carbonyl (C=O) groups is 2. The molecule has 0 saturated carbocycles. The Morgan fingerprint density at radius 2 is 2.30 bits per heavy atom. The van der Waals surface area contributed by atoms with Crippen LogP contribution in [0.1, 0.15) is 6.42 Å². The summed E-state index contributed by atoms with van der Waals surface area (Å²) in [5.74, 6) is -0.831. The molecule has 9 heteroatoms. The van der Waals surface area contributed by atoms with Crippen LogP contribution in [0.3, 0.4) is 0 Å². The minimum atomic E-state index is -0.507. The van der Waals surface area contributed by atoms with Gasteiger partial charge in [0, 0.05) is 9.86 Å². The molecule has 1 aromatic heterocycles. The second-order valence-corrected chi connectivity index (χ2v) is 6.15. The minimum absolute atomic E-state index is 0.0256. The van der Waals surface area contributed by atoms with E-state index in [0.717, 1.165) is 11.0 Å². The molecule has 3 rings (SSSR count). The molecule has 23 heavy (non-hydrogen) atoms. The molecular weight excluding hydrogens is 366 g/mol. The second kappa shape index (κ2) is 6.47. The highest BCUT2D eigenvalue weighted by atomic mass is 79.9. The average molecular weight is 381 g/mol. The van der Waals surface area contributed by atoms with E-state index < -0.39 is 11.9 Å². The lowest BCUT2D eigenvalue weighted by atomic mass is 10.1. The van der Waals surface area contributed by atoms with Crippen molar-refractivity contribution in [3.63, 3.8) is 0 Å². The van der Waals surface area contributed by atoms with E-state index in [0.29, 0.717) is 17.4 Å². The van der Waals surface area contributed by atoms with Crippen LogP contribution in [-0.4, -0.2) is 41.0 Å². The number of piperazine rings is 1. The van der Waals surface area contributed by atoms with Crippen LogP contribution in [0.15, 0.2) is 32.9 Å². The van der Waals surface area contributed by atoms with Gasteiger partial charge in [0.05, 0.1) is 25.0 Å². The fourth-order valence-electron chi connectivity index (χ4n) is 2.47. The van der Waals surface area contributed by atoms with Gasteiger partial charge in [0.2, 0.25) is 5.88 Å². The number of quaternary nitrogens is 1. The number of hydrogen-bond donors (Lipinski definition) is 4. The van der Waals surface area contributed by atoms with Crippen molar-refractivity contribution in [2.45, 2.75) is 12.5 Å². The molecule has 2 heterocycles. The summed E-state index contributed by atoms with van der Waals surface area (Å²) < 4.78 is 0.820. The van der Waals surface area contributed by atoms with Gasteiger partial charge in [0.25, 0.3) is 11.8 Å². The Bertz CT molecular complexity index is 801. The van der Waals surface area contributed by atoms with Crippen molar-refractivity contribution in [3.05, 3.63) is 22.7 Å². The SMILES string of the molecule is O=C(C[C@@H]1[NH2+]CCNC1=O)N=Nc1c(O)[nH]c2ccc(Br)cc12. The van der Waals surface area contributed by atoms with Gasteiger partial charge in [-0.25, -0.2) is 0 Å². The zero-order chi connectivity index (χ0) is 16.4. The number of aromatic nitrogens is 1. The fourth-order valence-corrected chi connectivity index (χ4v) is 2.83. The van der Waals surface area contributed by atoms with Crippen molar-refractivity contribution in [2.75, 3.05) is 13.1 Å². The lowest BCUT2D eigenvalue weighted by Crippen LogP contribution is -2.96. The van der Waals surface area contributed by atoms with Gasteiger partial charge < -0.3 is 20.7 Å². The van der Waals surface area contributed by atoms with Crippen LogP contribution in [0.25, 0.3) is 10.9 Å². The summed E-state index contributed by atoms with van der Waals surface area (Å²) in [6, 6.07) is 4.90. The zero-order valence-electron chi connectivity index (χ0n) is 12.0. The largest absolute Gasteiger partial charge is 0.493 e. The highest BCUT2D eigenvalue weighted by Crippen LogP contribution is 2.36. The third-order valence-electron chi connectivity index (χ3n) is 3.60. The number of nitrogens with zero attached hydrogens (tertiary/aromatic N) is 2. The van der Waals surface area contributed by atoms with Crippen LogP contribution >= 0.6 is 15.9 Å². The van der Waals surface area contributed by atoms with Gasteiger partial charge in [-0.1, -0.05) is 15.9 Å². The molecule has 120 valence electrons. The maximum absolute atomic E-state index is 11.9. The number of benzene rings is 1. The van der Waals surface area contributed by atoms with Gasteiger partial charge in [-0.3, -0.25) is 9.59 Å². The van der Waals surface area contributed by atoms with E-state index in [1.807, 2.05) is 11.4 Å². The molecule has 8 nitrogen and oxygen atoms in total. The molecule has 1 aliphatic heterocycles. The highest BCUT2D eigenvalue weighted by molar-refractivity contribution is 9.10. The topological polar surface area (TPSA) is 124 Å². The van der Waals surface area contributed by atoms with E-state index in [1.165, 1.54) is 0 Å². The van der Waals surface area contributed by atoms with E-state index >= 15 is 0 Å². The summed E-state index contributed by atoms with van der Waals surface area (Å²) in [7, 11) is 0. The van der Waals surface area contributed by atoms with Crippen molar-refractivity contribution in [1.29, 1.82) is 0 Å². The average Bonchev–Trinajstić information content (AvgIpc) is 2.82. The van der Waals surface area contributed by atoms with Crippen molar-refractivity contribution < 1.29 is 20.0 Å². The zero-order valence-corrected chi connectivity index (χ0v) is 13.6. The summed E-state index contributed by atoms with van der Waals surface area (Å²) in [6.45, 7) is 1.33. The molecule has 0 spiro atoms. The first kappa shape index (κ1) is 15.6. The van der Waals surface area contributed by atoms with Crippen molar-refractivity contribution in [2.24, 2.45) is 10.2 Å². The first-order valence-electron chi connectivity index (χ1n) is 7.10. The molecule has 1 saturated heterocycles. The standard InChI is InChI=1S/C14H14BrN5O3/c15-7-1-2-9-8(5-7)12(14(23)18-9)20-19-11(21)6-10-13(22)17-4-3-16-10/h1-2,5,10,16,18,23H,3-4,6H2,(H,17,22)/p+1/t10-/m0/s1. The molecule has 0 unspecified atom stereocenters. The first-order chi connectivity index (χ1) is 11.0. The summed E-state index contributed by atoms with van der Waals surface area (Å²) in [5, 5.41) is 22.5. The van der Waals surface area contributed by atoms with E-state index in [4.69, 9.17) is 0 Å². The monoisotopic (exact) mass is 380 g/mol. The van der Waals surface area contributed by atoms with Gasteiger partial charge in [0.1, 0.15) is 0 Å². The third kappa shape index (κ3) is 3.40. The minimum Gasteiger partial charge on any atom is -0.493 e. The van der Waals surface area contributed by atoms with E-state index in [9.17, 15) is 14.7 Å². The maximum atomic E-state index is 11.9. The molecule has 2 aromatic rings. The Morgan fingerprint density at radius 3 is 3.09 bits per heavy atom. The number of halogens is 1. The number of carbonyl (C=O) groups excluding carboxylic acids is 2. The number of fused-ring (bicyclic) bond motifs is 1. The Hall–Kier alpha value is -2.26. The van der Waals surface area contributed by atoms with Gasteiger partial charge in [-0.05, 0) is 18.2 Å². The molecule has 5 N–H and O–H groups in total. The Kier molecular flexibility index (Phi) is 4.39. The van der Waals surface area contributed by atoms with Crippen LogP contribution in [0, 0.1) is 0 Å². The number of rotatable bonds is 3. The molecular formula is C14H15BrN5O3+. The van der Waals surface area contributed by atoms with Crippen LogP contribution in [-0.2, 0) is 9.59 Å². The van der Waals surface area contributed by atoms with Gasteiger partial charge >= 0.3 is 0 Å². The molecule has 1 aromatic carbocycles. The number of nitrogens with one attached hydrogen (secondary N) is 2. The van der Waals surface area contributed by atoms with E-state index in [-0.39, 0.29) is 23.9 Å². The van der Waals surface area contributed by atoms with Crippen molar-refractivity contribution in [1.82, 2.24) is 10.3 Å². The number of aromatic hydroxyl groups is 1. The number of H-pyrrole nitrogens is 1. The molecule has 2 amide bonds. The summed E-state index contributed by atoms with van der Waals surface area (Å²) >= 11 is 3.34. The lowest BCUT2D eigenvalue weighted by Gasteiger charge is -2.18. The van der Waals surface area contributed by atoms with Gasteiger partial charge in [0.15, 0.2) is 11.7 Å². The predicted octanol–water partition coefficient (Wildman–Crippen LogP) is 0.698. The third-order valence-corrected chi connectivity index (χ3v) is 4.09. The van der Waals surface area contributed by atoms with Crippen LogP contribution in [0.2, 0.25) is 0 Å². The Balaban J connectivity index is 1.77. The van der Waals surface area contributed by atoms with E-state index in [2.05, 4.69) is 36.5 Å². The molecule has 0 radical (unpaired) electrons. The number of aromatic amines is 1. The molecule has 1 aliphatic rings. The van der Waals surface area contributed by atoms with Crippen molar-refractivity contribution in [3.8, 4) is 5.88 Å². The molecule has 0 aliphatic carbocycles. The second-order valence-electron chi connectivity index (χ2n) is 5.23. The Labute approximate surface area is 139 Å². The van der Waals surface area contributed by atoms with Gasteiger partial charge in [-0.2, -0.15) is 0 Å². The summed E-state index contributed by atoms with van der Waals surface area (Å²) in [4.78, 5) is 26.3. The summed E-state index contributed by atoms with van der Waals surface area (Å²) in [6.07, 6.45) is -0.0256. The van der Waals surface area contributed by atoms with Crippen LogP contribution in [0.4, 0.5) is 5.69 Å². The van der Waals surface area contributed by atoms with Gasteiger partial charge in [-0.15, -0.1) is 10.2 Å². The number of hydrogen-bond acceptors (Lipinski definition) is 4. The normalized spacial score (nSPS) is 18.5. The highest BCUT2D eigenvalue weighted by Gasteiger charge is 2.27. The fraction of sp³-hybridized carbons (Fsp3) is 0.286. The Morgan fingerprint density at radius 1 is 1.48 bits per heavy atom. The lowest BCUT2D eigenvalue weighted by molar-refractivity contribution is -0.678. The molecule has 0 bridgehead atoms. The maximum Gasteiger partial charge on any atom is 0.279 e. The number of amides is 2. The smallest absolute Gasteiger partial charge is 0.279 e. The van der Waals surface area contributed by atoms with Crippen LogP contribution in [0.5, 0.6) is 5.88 Å². The predicted molar refractivity (Wildman–Crippen MR) is 85.4 cm³/mol. The van der Waals surface area contributed by atoms with Crippen LogP contribution < -0.4 is 10.6 Å². The quantitative estimate of drug-likeness (QED) is 0.585. The first-order valence-corrected chi connectivity index (χ1v) is 7.89. The molecule has 1 atom stereocenters. The number of azo groups is 1. The van der Waals surface area contributed by atoms with Crippen molar-refractivity contribution >= 4 is 44.3 Å². The summed E-state index contributed by atoms with van der Waals surface area (Å²) in [5.41, 5.74) is 0.888. The number of nitrogens with two attached hydrogens (primary N) is 1. The van der Waals surface area contributed by atoms with E-state index in [1.54, 1.807) is 12.1 Å².